The minimum Gasteiger partial charge on any atom is -0.394 e. The van der Waals surface area contributed by atoms with Crippen molar-refractivity contribution in [1.29, 1.82) is 0 Å². The largest absolute Gasteiger partial charge is 0.394 e. The highest BCUT2D eigenvalue weighted by Gasteiger charge is 2.28. The lowest BCUT2D eigenvalue weighted by atomic mass is 10.00. The molecule has 0 saturated heterocycles. The number of nitrogens with one attached hydrogen (secondary N) is 1. The van der Waals surface area contributed by atoms with Crippen LogP contribution in [0, 0.1) is 0 Å². The average Bonchev–Trinajstić information content (AvgIpc) is 3.25. The Morgan fingerprint density at radius 1 is 0.400 bits per heavy atom. The third-order valence-electron chi connectivity index (χ3n) is 12.0. The number of rotatable bonds is 47. The van der Waals surface area contributed by atoms with Gasteiger partial charge in [0.1, 0.15) is 12.2 Å². The molecule has 4 unspecified atom stereocenters. The van der Waals surface area contributed by atoms with E-state index < -0.39 is 36.9 Å². The summed E-state index contributed by atoms with van der Waals surface area (Å²) in [7, 11) is 0. The van der Waals surface area contributed by atoms with Gasteiger partial charge in [-0.2, -0.15) is 0 Å². The Labute approximate surface area is 372 Å². The van der Waals surface area contributed by atoms with E-state index in [1.54, 1.807) is 0 Å². The zero-order valence-corrected chi connectivity index (χ0v) is 39.7. The molecule has 0 spiro atoms. The average molecular weight is 844 g/mol. The van der Waals surface area contributed by atoms with Gasteiger partial charge in [-0.05, 0) is 89.9 Å². The Balaban J connectivity index is 3.75. The predicted octanol–water partition coefficient (Wildman–Crippen LogP) is 14.6. The lowest BCUT2D eigenvalue weighted by Crippen LogP contribution is -2.53. The normalized spacial score (nSPS) is 14.3. The molecule has 0 aliphatic heterocycles. The van der Waals surface area contributed by atoms with Crippen molar-refractivity contribution in [3.8, 4) is 0 Å². The molecule has 352 valence electrons. The molecule has 0 rings (SSSR count). The van der Waals surface area contributed by atoms with Crippen molar-refractivity contribution in [1.82, 2.24) is 5.32 Å². The highest BCUT2D eigenvalue weighted by Crippen LogP contribution is 2.16. The smallest absolute Gasteiger partial charge is 0.249 e. The van der Waals surface area contributed by atoms with Gasteiger partial charge in [-0.25, -0.2) is 0 Å². The van der Waals surface area contributed by atoms with E-state index in [-0.39, 0.29) is 0 Å². The van der Waals surface area contributed by atoms with Crippen molar-refractivity contribution in [2.45, 2.75) is 282 Å². The second kappa shape index (κ2) is 48.3. The van der Waals surface area contributed by atoms with E-state index in [1.165, 1.54) is 161 Å². The summed E-state index contributed by atoms with van der Waals surface area (Å²) >= 11 is 0. The van der Waals surface area contributed by atoms with Crippen molar-refractivity contribution in [3.05, 3.63) is 48.6 Å². The van der Waals surface area contributed by atoms with E-state index in [1.807, 2.05) is 0 Å². The number of hydrogen-bond acceptors (Lipinski definition) is 5. The molecular weight excluding hydrogens is 743 g/mol. The van der Waals surface area contributed by atoms with E-state index in [9.17, 15) is 25.2 Å². The summed E-state index contributed by atoms with van der Waals surface area (Å²) in [5, 5.41) is 43.8. The molecule has 1 amide bonds. The van der Waals surface area contributed by atoms with Crippen molar-refractivity contribution >= 4 is 5.91 Å². The lowest BCUT2D eigenvalue weighted by Gasteiger charge is -2.27. The highest BCUT2D eigenvalue weighted by atomic mass is 16.3. The minimum atomic E-state index is -1.30. The summed E-state index contributed by atoms with van der Waals surface area (Å²) in [6.45, 7) is 4.04. The van der Waals surface area contributed by atoms with Crippen LogP contribution in [-0.2, 0) is 4.79 Å². The molecule has 0 aliphatic rings. The van der Waals surface area contributed by atoms with Crippen molar-refractivity contribution in [2.24, 2.45) is 0 Å². The van der Waals surface area contributed by atoms with Crippen LogP contribution in [-0.4, -0.2) is 57.3 Å². The molecule has 6 nitrogen and oxygen atoms in total. The Morgan fingerprint density at radius 3 is 1.05 bits per heavy atom. The van der Waals surface area contributed by atoms with Crippen LogP contribution in [0.3, 0.4) is 0 Å². The van der Waals surface area contributed by atoms with E-state index in [0.29, 0.717) is 19.3 Å². The molecular formula is C54H101NO5. The van der Waals surface area contributed by atoms with Crippen molar-refractivity contribution in [3.63, 3.8) is 0 Å². The third-order valence-corrected chi connectivity index (χ3v) is 12.0. The van der Waals surface area contributed by atoms with Gasteiger partial charge < -0.3 is 25.7 Å². The number of amides is 1. The molecule has 0 heterocycles. The molecule has 0 saturated carbocycles. The van der Waals surface area contributed by atoms with E-state index in [0.717, 1.165) is 64.2 Å². The first-order valence-electron chi connectivity index (χ1n) is 26.0. The zero-order chi connectivity index (χ0) is 43.8. The molecule has 4 atom stereocenters. The summed E-state index contributed by atoms with van der Waals surface area (Å²) in [5.74, 6) is -0.605. The van der Waals surface area contributed by atoms with Gasteiger partial charge in [0.05, 0.1) is 18.8 Å². The van der Waals surface area contributed by atoms with E-state index in [2.05, 4.69) is 67.8 Å². The third kappa shape index (κ3) is 41.6. The van der Waals surface area contributed by atoms with Crippen LogP contribution >= 0.6 is 0 Å². The molecule has 0 aromatic carbocycles. The van der Waals surface area contributed by atoms with Gasteiger partial charge in [0.15, 0.2) is 0 Å². The first-order chi connectivity index (χ1) is 29.5. The number of allylic oxidation sites excluding steroid dienone is 8. The maximum atomic E-state index is 12.5. The van der Waals surface area contributed by atoms with Crippen LogP contribution in [0.25, 0.3) is 0 Å². The zero-order valence-electron chi connectivity index (χ0n) is 39.7. The molecule has 0 bridgehead atoms. The first kappa shape index (κ1) is 58.3. The Hall–Kier alpha value is -1.73. The molecule has 0 radical (unpaired) electrons. The van der Waals surface area contributed by atoms with Gasteiger partial charge in [-0.3, -0.25) is 4.79 Å². The highest BCUT2D eigenvalue weighted by molar-refractivity contribution is 5.80. The van der Waals surface area contributed by atoms with Crippen molar-refractivity contribution < 1.29 is 25.2 Å². The van der Waals surface area contributed by atoms with Gasteiger partial charge in [0.2, 0.25) is 5.91 Å². The summed E-state index contributed by atoms with van der Waals surface area (Å²) in [6.07, 6.45) is 60.3. The van der Waals surface area contributed by atoms with Crippen LogP contribution in [0.15, 0.2) is 48.6 Å². The Kier molecular flexibility index (Phi) is 46.9. The summed E-state index contributed by atoms with van der Waals surface area (Å²) in [4.78, 5) is 12.5. The maximum absolute atomic E-state index is 12.5. The summed E-state index contributed by atoms with van der Waals surface area (Å²) < 4.78 is 0. The molecule has 0 aliphatic carbocycles. The van der Waals surface area contributed by atoms with Crippen LogP contribution < -0.4 is 5.32 Å². The molecule has 6 heteroatoms. The van der Waals surface area contributed by atoms with Crippen LogP contribution in [0.1, 0.15) is 258 Å². The number of aliphatic hydroxyl groups excluding tert-OH is 4. The van der Waals surface area contributed by atoms with E-state index in [4.69, 9.17) is 0 Å². The Morgan fingerprint density at radius 2 is 0.700 bits per heavy atom. The predicted molar refractivity (Wildman–Crippen MR) is 260 cm³/mol. The standard InChI is InChI=1S/C54H101NO5/c1-3-5-7-9-11-13-15-17-19-21-22-23-24-25-26-27-28-29-30-31-32-34-35-37-39-41-43-45-47-51(57)53(59)50(49-56)55-54(60)52(58)48-46-44-42-40-38-36-33-20-18-16-14-12-10-8-6-4-2/h18,20,28-29,32,34,39,41,50-53,56-59H,3-17,19,21-27,30-31,33,35-38,40,42-49H2,1-2H3,(H,55,60)/b20-18-,29-28+,34-32+,41-39+. The fourth-order valence-electron chi connectivity index (χ4n) is 7.84. The second-order valence-corrected chi connectivity index (χ2v) is 17.8. The summed E-state index contributed by atoms with van der Waals surface area (Å²) in [6, 6.07) is -1.02. The number of carbonyl (C=O) groups excluding carboxylic acids is 1. The number of unbranched alkanes of at least 4 members (excludes halogenated alkanes) is 30. The van der Waals surface area contributed by atoms with Gasteiger partial charge in [-0.15, -0.1) is 0 Å². The van der Waals surface area contributed by atoms with Gasteiger partial charge in [0.25, 0.3) is 0 Å². The second-order valence-electron chi connectivity index (χ2n) is 17.8. The fourth-order valence-corrected chi connectivity index (χ4v) is 7.84. The molecule has 0 aromatic rings. The van der Waals surface area contributed by atoms with Gasteiger partial charge in [0, 0.05) is 0 Å². The Bertz CT molecular complexity index is 993. The monoisotopic (exact) mass is 844 g/mol. The van der Waals surface area contributed by atoms with Gasteiger partial charge >= 0.3 is 0 Å². The lowest BCUT2D eigenvalue weighted by molar-refractivity contribution is -0.132. The number of hydrogen-bond donors (Lipinski definition) is 5. The van der Waals surface area contributed by atoms with Crippen molar-refractivity contribution in [2.75, 3.05) is 6.61 Å². The van der Waals surface area contributed by atoms with Crippen LogP contribution in [0.2, 0.25) is 0 Å². The maximum Gasteiger partial charge on any atom is 0.249 e. The molecule has 60 heavy (non-hydrogen) atoms. The van der Waals surface area contributed by atoms with E-state index >= 15 is 0 Å². The molecule has 5 N–H and O–H groups in total. The minimum absolute atomic E-state index is 0.350. The number of carbonyl (C=O) groups is 1. The topological polar surface area (TPSA) is 110 Å². The summed E-state index contributed by atoms with van der Waals surface area (Å²) in [5.41, 5.74) is 0. The SMILES string of the molecule is CCCCCCCC/C=C\CCCCCCCCC(O)C(=O)NC(CO)C(O)C(O)CCC/C=C/CC/C=C/CC/C=C/CCCCCCCCCCCCCCCCC. The number of aliphatic hydroxyl groups is 4. The molecule has 0 aromatic heterocycles. The van der Waals surface area contributed by atoms with Crippen LogP contribution in [0.5, 0.6) is 0 Å². The fraction of sp³-hybridized carbons (Fsp3) is 0.833. The first-order valence-corrected chi connectivity index (χ1v) is 26.0. The quantitative estimate of drug-likeness (QED) is 0.0310. The van der Waals surface area contributed by atoms with Gasteiger partial charge in [-0.1, -0.05) is 217 Å². The van der Waals surface area contributed by atoms with Crippen LogP contribution in [0.4, 0.5) is 0 Å². The molecule has 0 fully saturated rings.